The number of halogens is 4. The lowest BCUT2D eigenvalue weighted by Gasteiger charge is -2.44. The summed E-state index contributed by atoms with van der Waals surface area (Å²) in [5.74, 6) is 0.218. The molecule has 15 heteroatoms. The molecule has 0 aliphatic carbocycles. The van der Waals surface area contributed by atoms with Crippen molar-refractivity contribution in [2.75, 3.05) is 38.8 Å². The quantitative estimate of drug-likeness (QED) is 0.0770. The van der Waals surface area contributed by atoms with Crippen LogP contribution >= 0.6 is 23.2 Å². The zero-order chi connectivity index (χ0) is 37.6. The number of ether oxygens (including phenoxy) is 5. The molecule has 1 amide bonds. The lowest BCUT2D eigenvalue weighted by molar-refractivity contribution is -0.605. The predicted molar refractivity (Wildman–Crippen MR) is 192 cm³/mol. The Morgan fingerprint density at radius 2 is 1.62 bits per heavy atom. The molecule has 3 aromatic carbocycles. The molecular formula is C38H37Cl2F2N3O8. The van der Waals surface area contributed by atoms with Gasteiger partial charge in [0.05, 0.1) is 32.0 Å². The topological polar surface area (TPSA) is 114 Å². The smallest absolute Gasteiger partial charge is 0.415 e. The average molecular weight is 773 g/mol. The molecule has 4 heterocycles. The van der Waals surface area contributed by atoms with Gasteiger partial charge >= 0.3 is 18.7 Å². The number of pyridine rings is 1. The van der Waals surface area contributed by atoms with E-state index in [1.807, 2.05) is 0 Å². The van der Waals surface area contributed by atoms with Gasteiger partial charge in [-0.05, 0) is 79.4 Å². The third-order valence-electron chi connectivity index (χ3n) is 9.45. The minimum Gasteiger partial charge on any atom is -0.619 e. The third-order valence-corrected chi connectivity index (χ3v) is 10.1. The molecule has 4 aromatic rings. The highest BCUT2D eigenvalue weighted by molar-refractivity contribution is 6.35. The summed E-state index contributed by atoms with van der Waals surface area (Å²) < 4.78 is 54.9. The molecule has 3 aliphatic heterocycles. The van der Waals surface area contributed by atoms with E-state index in [0.29, 0.717) is 39.5 Å². The molecule has 0 unspecified atom stereocenters. The molecule has 7 rings (SSSR count). The lowest BCUT2D eigenvalue weighted by atomic mass is 9.86. The number of anilines is 1. The van der Waals surface area contributed by atoms with E-state index in [2.05, 4.69) is 4.90 Å². The fourth-order valence-electron chi connectivity index (χ4n) is 6.68. The van der Waals surface area contributed by atoms with Crippen molar-refractivity contribution in [2.45, 2.75) is 44.6 Å². The number of rotatable bonds is 13. The number of piperidine rings is 3. The van der Waals surface area contributed by atoms with E-state index >= 15 is 0 Å². The van der Waals surface area contributed by atoms with E-state index in [-0.39, 0.29) is 52.0 Å². The summed E-state index contributed by atoms with van der Waals surface area (Å²) in [4.78, 5) is 30.9. The maximum atomic E-state index is 13.8. The van der Waals surface area contributed by atoms with Gasteiger partial charge in [-0.1, -0.05) is 53.5 Å². The number of esters is 1. The number of para-hydroxylation sites is 2. The van der Waals surface area contributed by atoms with Crippen LogP contribution in [0.25, 0.3) is 0 Å². The van der Waals surface area contributed by atoms with E-state index in [1.54, 1.807) is 36.4 Å². The third kappa shape index (κ3) is 9.03. The first-order chi connectivity index (χ1) is 25.5. The van der Waals surface area contributed by atoms with Crippen molar-refractivity contribution in [3.05, 3.63) is 117 Å². The zero-order valence-electron chi connectivity index (χ0n) is 28.9. The molecule has 3 aliphatic rings. The number of nitrogens with zero attached hydrogens (tertiary/aromatic N) is 3. The van der Waals surface area contributed by atoms with E-state index in [1.165, 1.54) is 49.5 Å². The molecule has 0 radical (unpaired) electrons. The van der Waals surface area contributed by atoms with Gasteiger partial charge in [0.2, 0.25) is 0 Å². The van der Waals surface area contributed by atoms with E-state index < -0.39 is 24.8 Å². The van der Waals surface area contributed by atoms with Crippen LogP contribution in [0.2, 0.25) is 10.0 Å². The number of benzene rings is 3. The molecule has 0 N–H and O–H groups in total. The Bertz CT molecular complexity index is 1910. The molecule has 1 aromatic heterocycles. The number of aromatic nitrogens is 1. The van der Waals surface area contributed by atoms with E-state index in [4.69, 9.17) is 46.9 Å². The Kier molecular flexibility index (Phi) is 12.1. The van der Waals surface area contributed by atoms with Crippen LogP contribution in [0.5, 0.6) is 17.2 Å². The monoisotopic (exact) mass is 771 g/mol. The molecule has 0 spiro atoms. The van der Waals surface area contributed by atoms with E-state index in [0.717, 1.165) is 38.3 Å². The molecular weight excluding hydrogens is 735 g/mol. The summed E-state index contributed by atoms with van der Waals surface area (Å²) in [6.45, 7) is -0.667. The van der Waals surface area contributed by atoms with Gasteiger partial charge in [-0.15, -0.1) is 0 Å². The highest BCUT2D eigenvalue weighted by Crippen LogP contribution is 2.37. The van der Waals surface area contributed by atoms with Crippen molar-refractivity contribution < 1.29 is 46.8 Å². The van der Waals surface area contributed by atoms with Crippen molar-refractivity contribution >= 4 is 41.0 Å². The van der Waals surface area contributed by atoms with Crippen molar-refractivity contribution in [2.24, 2.45) is 5.92 Å². The summed E-state index contributed by atoms with van der Waals surface area (Å²) in [5, 5.41) is 12.1. The van der Waals surface area contributed by atoms with Gasteiger partial charge in [0, 0.05) is 18.5 Å². The number of amides is 1. The summed E-state index contributed by atoms with van der Waals surface area (Å²) in [6.07, 6.45) is 2.21. The highest BCUT2D eigenvalue weighted by atomic mass is 35.5. The Balaban J connectivity index is 1.24. The van der Waals surface area contributed by atoms with Crippen LogP contribution in [-0.4, -0.2) is 63.5 Å². The van der Waals surface area contributed by atoms with Crippen LogP contribution in [0.1, 0.15) is 46.0 Å². The fourth-order valence-corrected chi connectivity index (χ4v) is 7.28. The van der Waals surface area contributed by atoms with Crippen LogP contribution in [-0.2, 0) is 22.4 Å². The molecule has 2 bridgehead atoms. The van der Waals surface area contributed by atoms with Crippen LogP contribution in [0.4, 0.5) is 19.3 Å². The predicted octanol–water partition coefficient (Wildman–Crippen LogP) is 7.62. The molecule has 11 nitrogen and oxygen atoms in total. The first-order valence-corrected chi connectivity index (χ1v) is 17.6. The second-order valence-electron chi connectivity index (χ2n) is 12.7. The maximum Gasteiger partial charge on any atom is 0.415 e. The number of hydrogen-bond acceptors (Lipinski definition) is 9. The number of carbonyl (C=O) groups excluding carboxylic acids is 2. The summed E-state index contributed by atoms with van der Waals surface area (Å²) in [7, 11) is 2.97. The number of methoxy groups -OCH3 is 2. The Hall–Kier alpha value is -4.85. The highest BCUT2D eigenvalue weighted by Gasteiger charge is 2.38. The first kappa shape index (κ1) is 37.9. The summed E-state index contributed by atoms with van der Waals surface area (Å²) >= 11 is 12.8. The Morgan fingerprint density at radius 1 is 0.943 bits per heavy atom. The van der Waals surface area contributed by atoms with Crippen LogP contribution in [0.15, 0.2) is 79.1 Å². The van der Waals surface area contributed by atoms with Crippen molar-refractivity contribution in [3.8, 4) is 17.2 Å². The average Bonchev–Trinajstić information content (AvgIpc) is 3.15. The van der Waals surface area contributed by atoms with Gasteiger partial charge in [-0.2, -0.15) is 13.5 Å². The molecule has 3 fully saturated rings. The first-order valence-electron chi connectivity index (χ1n) is 16.9. The van der Waals surface area contributed by atoms with Crippen LogP contribution in [0.3, 0.4) is 0 Å². The van der Waals surface area contributed by atoms with Gasteiger partial charge in [0.15, 0.2) is 23.9 Å². The van der Waals surface area contributed by atoms with Crippen LogP contribution < -0.4 is 23.8 Å². The SMILES string of the molecule is COc1ccc([C@H](Cc2c(Cl)c[n+]([O-])cc2Cl)OC(=O)c2ccc(CN(C(=O)O[C@H]3CN4CCC3CC4)c3ccccc3OC(F)F)cc2)cc1OC. The minimum absolute atomic E-state index is 0.0224. The number of carbonyl (C=O) groups is 2. The van der Waals surface area contributed by atoms with Gasteiger partial charge in [-0.25, -0.2) is 9.59 Å². The Morgan fingerprint density at radius 3 is 2.25 bits per heavy atom. The lowest BCUT2D eigenvalue weighted by Crippen LogP contribution is -2.53. The fraction of sp³-hybridized carbons (Fsp3) is 0.342. The van der Waals surface area contributed by atoms with Gasteiger partial charge < -0.3 is 28.9 Å². The molecule has 53 heavy (non-hydrogen) atoms. The van der Waals surface area contributed by atoms with Crippen molar-refractivity contribution in [3.63, 3.8) is 0 Å². The summed E-state index contributed by atoms with van der Waals surface area (Å²) in [5.41, 5.74) is 1.81. The van der Waals surface area contributed by atoms with Crippen molar-refractivity contribution in [1.82, 2.24) is 4.90 Å². The molecule has 2 atom stereocenters. The van der Waals surface area contributed by atoms with Crippen molar-refractivity contribution in [1.29, 1.82) is 0 Å². The molecule has 0 saturated carbocycles. The maximum absolute atomic E-state index is 13.8. The largest absolute Gasteiger partial charge is 0.619 e. The number of alkyl halides is 2. The van der Waals surface area contributed by atoms with Crippen LogP contribution in [0, 0.1) is 11.1 Å². The zero-order valence-corrected chi connectivity index (χ0v) is 30.4. The second-order valence-corrected chi connectivity index (χ2v) is 13.5. The van der Waals surface area contributed by atoms with Gasteiger partial charge in [0.1, 0.15) is 28.0 Å². The molecule has 3 saturated heterocycles. The number of hydrogen-bond donors (Lipinski definition) is 0. The Labute approximate surface area is 315 Å². The standard InChI is InChI=1S/C38H37Cl2F2N3O8/c1-49-32-12-11-26(17-34(32)50-2)33(18-27-28(39)20-44(48)21-29(27)40)51-36(46)25-9-7-23(8-10-25)19-45(30-5-3-4-6-31(30)52-37(41)42)38(47)53-35-22-43-15-13-24(35)14-16-43/h3-12,17,20-21,24,33,35,37H,13-16,18-19,22H2,1-2H3/t33-,35-/m0/s1. The van der Waals surface area contributed by atoms with E-state index in [9.17, 15) is 23.6 Å². The molecule has 280 valence electrons. The minimum atomic E-state index is -3.11. The second kappa shape index (κ2) is 16.9. The van der Waals surface area contributed by atoms with Gasteiger partial charge in [-0.3, -0.25) is 9.80 Å². The number of fused-ring (bicyclic) bond motifs is 3. The normalized spacial score (nSPS) is 18.3. The van der Waals surface area contributed by atoms with Gasteiger partial charge in [0.25, 0.3) is 0 Å². The summed E-state index contributed by atoms with van der Waals surface area (Å²) in [6, 6.07) is 17.4.